The lowest BCUT2D eigenvalue weighted by Crippen LogP contribution is -2.31. The van der Waals surface area contributed by atoms with Gasteiger partial charge in [-0.15, -0.1) is 0 Å². The van der Waals surface area contributed by atoms with Gasteiger partial charge in [-0.25, -0.2) is 4.79 Å². The maximum Gasteiger partial charge on any atom is 0.327 e. The SMILES string of the molecule is O=C(O)[C@@H]1CCC(=O)N1S. The molecule has 1 rings (SSSR count). The number of hydrogen-bond acceptors (Lipinski definition) is 3. The van der Waals surface area contributed by atoms with Crippen molar-refractivity contribution in [1.82, 2.24) is 4.31 Å². The molecule has 1 aliphatic rings. The second-order valence-corrected chi connectivity index (χ2v) is 2.56. The molecule has 1 N–H and O–H groups in total. The number of carbonyl (C=O) groups is 2. The minimum atomic E-state index is -0.985. The second-order valence-electron chi connectivity index (χ2n) is 2.13. The summed E-state index contributed by atoms with van der Waals surface area (Å²) in [7, 11) is 0. The van der Waals surface area contributed by atoms with Crippen LogP contribution in [0.25, 0.3) is 0 Å². The van der Waals surface area contributed by atoms with E-state index in [2.05, 4.69) is 12.8 Å². The summed E-state index contributed by atoms with van der Waals surface area (Å²) >= 11 is 3.72. The number of hydrogen-bond donors (Lipinski definition) is 2. The molecule has 1 aliphatic heterocycles. The molecule has 4 nitrogen and oxygen atoms in total. The molecule has 0 radical (unpaired) electrons. The Balaban J connectivity index is 2.66. The fraction of sp³-hybridized carbons (Fsp3) is 0.600. The Bertz CT molecular complexity index is 182. The van der Waals surface area contributed by atoms with Gasteiger partial charge in [-0.05, 0) is 6.42 Å². The Hall–Kier alpha value is -0.710. The van der Waals surface area contributed by atoms with Crippen LogP contribution in [-0.4, -0.2) is 27.3 Å². The molecule has 1 fully saturated rings. The molecule has 56 valence electrons. The molecule has 5 heteroatoms. The van der Waals surface area contributed by atoms with Gasteiger partial charge in [0.2, 0.25) is 5.91 Å². The van der Waals surface area contributed by atoms with E-state index in [1.807, 2.05) is 0 Å². The van der Waals surface area contributed by atoms with Crippen molar-refractivity contribution in [3.8, 4) is 0 Å². The first kappa shape index (κ1) is 7.40. The first-order chi connectivity index (χ1) is 4.63. The van der Waals surface area contributed by atoms with Crippen molar-refractivity contribution >= 4 is 24.7 Å². The van der Waals surface area contributed by atoms with Crippen LogP contribution in [0.4, 0.5) is 0 Å². The van der Waals surface area contributed by atoms with Gasteiger partial charge < -0.3 is 5.11 Å². The van der Waals surface area contributed by atoms with Gasteiger partial charge in [0, 0.05) is 6.42 Å². The molecule has 10 heavy (non-hydrogen) atoms. The van der Waals surface area contributed by atoms with Crippen molar-refractivity contribution in [2.45, 2.75) is 18.9 Å². The molecule has 0 saturated carbocycles. The van der Waals surface area contributed by atoms with Crippen molar-refractivity contribution in [3.63, 3.8) is 0 Å². The first-order valence-corrected chi connectivity index (χ1v) is 3.26. The summed E-state index contributed by atoms with van der Waals surface area (Å²) in [5.41, 5.74) is 0. The molecule has 0 aromatic carbocycles. The fourth-order valence-electron chi connectivity index (χ4n) is 0.899. The first-order valence-electron chi connectivity index (χ1n) is 2.86. The van der Waals surface area contributed by atoms with Crippen molar-refractivity contribution < 1.29 is 14.7 Å². The van der Waals surface area contributed by atoms with Gasteiger partial charge in [0.25, 0.3) is 0 Å². The van der Waals surface area contributed by atoms with Gasteiger partial charge in [-0.2, -0.15) is 0 Å². The number of amides is 1. The number of carboxylic acids is 1. The quantitative estimate of drug-likeness (QED) is 0.528. The Morgan fingerprint density at radius 1 is 1.80 bits per heavy atom. The van der Waals surface area contributed by atoms with Crippen molar-refractivity contribution in [2.75, 3.05) is 0 Å². The van der Waals surface area contributed by atoms with Crippen LogP contribution in [0.3, 0.4) is 0 Å². The van der Waals surface area contributed by atoms with E-state index >= 15 is 0 Å². The summed E-state index contributed by atoms with van der Waals surface area (Å²) in [6.07, 6.45) is 0.665. The Kier molecular flexibility index (Phi) is 1.85. The van der Waals surface area contributed by atoms with Crippen LogP contribution < -0.4 is 0 Å². The van der Waals surface area contributed by atoms with E-state index < -0.39 is 12.0 Å². The maximum atomic E-state index is 10.7. The largest absolute Gasteiger partial charge is 0.480 e. The van der Waals surface area contributed by atoms with Crippen LogP contribution in [0.5, 0.6) is 0 Å². The highest BCUT2D eigenvalue weighted by Crippen LogP contribution is 2.19. The summed E-state index contributed by atoms with van der Waals surface area (Å²) in [6, 6.07) is -0.726. The van der Waals surface area contributed by atoms with Crippen LogP contribution in [0.15, 0.2) is 0 Å². The van der Waals surface area contributed by atoms with E-state index in [0.29, 0.717) is 12.8 Å². The zero-order valence-electron chi connectivity index (χ0n) is 5.15. The number of thiol groups is 1. The lowest BCUT2D eigenvalue weighted by Gasteiger charge is -2.12. The highest BCUT2D eigenvalue weighted by molar-refractivity contribution is 7.78. The standard InChI is InChI=1S/C5H7NO3S/c7-4-2-1-3(5(8)9)6(4)10/h3,10H,1-2H2,(H,8,9)/t3-/m0/s1. The monoisotopic (exact) mass is 161 g/mol. The summed E-state index contributed by atoms with van der Waals surface area (Å²) < 4.78 is 0.975. The zero-order chi connectivity index (χ0) is 7.72. The summed E-state index contributed by atoms with van der Waals surface area (Å²) in [4.78, 5) is 21.0. The molecular weight excluding hydrogens is 154 g/mol. The maximum absolute atomic E-state index is 10.7. The number of nitrogens with zero attached hydrogens (tertiary/aromatic N) is 1. The van der Waals surface area contributed by atoms with E-state index in [-0.39, 0.29) is 5.91 Å². The van der Waals surface area contributed by atoms with Gasteiger partial charge in [0.15, 0.2) is 0 Å². The van der Waals surface area contributed by atoms with Crippen molar-refractivity contribution in [3.05, 3.63) is 0 Å². The Labute approximate surface area is 63.4 Å². The lowest BCUT2D eigenvalue weighted by molar-refractivity contribution is -0.142. The van der Waals surface area contributed by atoms with Gasteiger partial charge in [-0.3, -0.25) is 9.10 Å². The third-order valence-corrected chi connectivity index (χ3v) is 1.97. The van der Waals surface area contributed by atoms with Gasteiger partial charge in [0.1, 0.15) is 6.04 Å². The second kappa shape index (κ2) is 2.49. The number of carbonyl (C=O) groups excluding carboxylic acids is 1. The molecule has 1 heterocycles. The van der Waals surface area contributed by atoms with Crippen LogP contribution in [-0.2, 0) is 9.59 Å². The molecule has 0 spiro atoms. The van der Waals surface area contributed by atoms with E-state index in [9.17, 15) is 9.59 Å². The van der Waals surface area contributed by atoms with Gasteiger partial charge in [0.05, 0.1) is 0 Å². The number of rotatable bonds is 1. The highest BCUT2D eigenvalue weighted by atomic mass is 32.1. The fourth-order valence-corrected chi connectivity index (χ4v) is 1.21. The van der Waals surface area contributed by atoms with Crippen LogP contribution in [0.2, 0.25) is 0 Å². The van der Waals surface area contributed by atoms with Crippen LogP contribution in [0, 0.1) is 0 Å². The number of carboxylic acid groups (broad SMARTS) is 1. The van der Waals surface area contributed by atoms with Crippen LogP contribution in [0.1, 0.15) is 12.8 Å². The van der Waals surface area contributed by atoms with Gasteiger partial charge in [-0.1, -0.05) is 12.8 Å². The van der Waals surface area contributed by atoms with Crippen molar-refractivity contribution in [1.29, 1.82) is 0 Å². The third-order valence-electron chi connectivity index (χ3n) is 1.47. The lowest BCUT2D eigenvalue weighted by atomic mass is 10.2. The number of aliphatic carboxylic acids is 1. The van der Waals surface area contributed by atoms with E-state index in [1.165, 1.54) is 0 Å². The van der Waals surface area contributed by atoms with E-state index in [1.54, 1.807) is 0 Å². The molecule has 1 amide bonds. The Morgan fingerprint density at radius 3 is 2.60 bits per heavy atom. The molecule has 0 aromatic heterocycles. The van der Waals surface area contributed by atoms with Crippen LogP contribution >= 0.6 is 12.8 Å². The molecular formula is C5H7NO3S. The Morgan fingerprint density at radius 2 is 2.40 bits per heavy atom. The van der Waals surface area contributed by atoms with Crippen molar-refractivity contribution in [2.24, 2.45) is 0 Å². The summed E-state index contributed by atoms with van der Waals surface area (Å²) in [5.74, 6) is -1.20. The zero-order valence-corrected chi connectivity index (χ0v) is 6.04. The predicted molar refractivity (Wildman–Crippen MR) is 36.5 cm³/mol. The smallest absolute Gasteiger partial charge is 0.327 e. The molecule has 1 saturated heterocycles. The normalized spacial score (nSPS) is 25.5. The predicted octanol–water partition coefficient (Wildman–Crippen LogP) is -0.0932. The summed E-state index contributed by atoms with van der Waals surface area (Å²) in [5, 5.41) is 8.46. The molecule has 0 unspecified atom stereocenters. The molecule has 1 atom stereocenters. The molecule has 0 aromatic rings. The minimum absolute atomic E-state index is 0.212. The average Bonchev–Trinajstić information content (AvgIpc) is 2.14. The topological polar surface area (TPSA) is 57.6 Å². The summed E-state index contributed by atoms with van der Waals surface area (Å²) in [6.45, 7) is 0. The van der Waals surface area contributed by atoms with E-state index in [4.69, 9.17) is 5.11 Å². The van der Waals surface area contributed by atoms with Gasteiger partial charge >= 0.3 is 5.97 Å². The highest BCUT2D eigenvalue weighted by Gasteiger charge is 2.33. The average molecular weight is 161 g/mol. The minimum Gasteiger partial charge on any atom is -0.480 e. The molecule has 0 aliphatic carbocycles. The third kappa shape index (κ3) is 1.09. The molecule has 0 bridgehead atoms. The van der Waals surface area contributed by atoms with E-state index in [0.717, 1.165) is 4.31 Å².